The number of imide groups is 1. The van der Waals surface area contributed by atoms with E-state index in [2.05, 4.69) is 5.32 Å². The Morgan fingerprint density at radius 2 is 1.43 bits per heavy atom. The summed E-state index contributed by atoms with van der Waals surface area (Å²) < 4.78 is 0. The summed E-state index contributed by atoms with van der Waals surface area (Å²) in [6, 6.07) is 18.0. The zero-order valence-corrected chi connectivity index (χ0v) is 11.7. The van der Waals surface area contributed by atoms with Gasteiger partial charge in [-0.2, -0.15) is 0 Å². The molecule has 0 heterocycles. The fraction of sp³-hybridized carbons (Fsp3) is 0.176. The standard InChI is InChI=1S/C17H18N2O2/c18-15(11-13-7-3-1-4-8-13)17(21)19-16(20)12-14-9-5-2-6-10-14/h1-10,15H,11-12,18H2,(H,19,20,21)/t15-/m0/s1. The third kappa shape index (κ3) is 4.85. The van der Waals surface area contributed by atoms with Crippen molar-refractivity contribution in [3.8, 4) is 0 Å². The Balaban J connectivity index is 1.84. The van der Waals surface area contributed by atoms with E-state index in [1.807, 2.05) is 60.7 Å². The lowest BCUT2D eigenvalue weighted by atomic mass is 10.1. The molecule has 0 saturated heterocycles. The minimum atomic E-state index is -0.730. The summed E-state index contributed by atoms with van der Waals surface area (Å²) in [6.07, 6.45) is 0.579. The first kappa shape index (κ1) is 14.9. The first-order valence-electron chi connectivity index (χ1n) is 6.82. The van der Waals surface area contributed by atoms with Crippen molar-refractivity contribution in [3.63, 3.8) is 0 Å². The van der Waals surface area contributed by atoms with Crippen LogP contribution < -0.4 is 11.1 Å². The van der Waals surface area contributed by atoms with E-state index < -0.39 is 11.9 Å². The second kappa shape index (κ2) is 7.36. The van der Waals surface area contributed by atoms with Gasteiger partial charge in [-0.25, -0.2) is 0 Å². The molecule has 2 rings (SSSR count). The van der Waals surface area contributed by atoms with Crippen LogP contribution in [0, 0.1) is 0 Å². The van der Waals surface area contributed by atoms with E-state index in [-0.39, 0.29) is 12.3 Å². The van der Waals surface area contributed by atoms with Crippen LogP contribution >= 0.6 is 0 Å². The van der Waals surface area contributed by atoms with Crippen LogP contribution in [0.5, 0.6) is 0 Å². The van der Waals surface area contributed by atoms with Gasteiger partial charge in [0, 0.05) is 0 Å². The summed E-state index contributed by atoms with van der Waals surface area (Å²) in [5.74, 6) is -0.783. The quantitative estimate of drug-likeness (QED) is 0.871. The summed E-state index contributed by atoms with van der Waals surface area (Å²) in [4.78, 5) is 23.7. The molecule has 0 aliphatic rings. The molecule has 3 N–H and O–H groups in total. The maximum Gasteiger partial charge on any atom is 0.243 e. The number of carbonyl (C=O) groups is 2. The van der Waals surface area contributed by atoms with Gasteiger partial charge in [-0.3, -0.25) is 14.9 Å². The molecular weight excluding hydrogens is 264 g/mol. The molecule has 4 heteroatoms. The number of amides is 2. The fourth-order valence-corrected chi connectivity index (χ4v) is 2.02. The van der Waals surface area contributed by atoms with Crippen molar-refractivity contribution < 1.29 is 9.59 Å². The molecule has 0 fully saturated rings. The molecule has 0 spiro atoms. The molecule has 0 aliphatic heterocycles. The van der Waals surface area contributed by atoms with Crippen molar-refractivity contribution >= 4 is 11.8 Å². The summed E-state index contributed by atoms with van der Waals surface area (Å²) in [5, 5.41) is 2.35. The molecule has 0 saturated carbocycles. The molecule has 1 atom stereocenters. The van der Waals surface area contributed by atoms with E-state index in [4.69, 9.17) is 5.73 Å². The zero-order chi connectivity index (χ0) is 15.1. The van der Waals surface area contributed by atoms with Crippen LogP contribution in [0.2, 0.25) is 0 Å². The second-order valence-electron chi connectivity index (χ2n) is 4.87. The smallest absolute Gasteiger partial charge is 0.243 e. The molecule has 2 amide bonds. The van der Waals surface area contributed by atoms with Gasteiger partial charge < -0.3 is 5.73 Å². The van der Waals surface area contributed by atoms with Crippen LogP contribution in [0.15, 0.2) is 60.7 Å². The third-order valence-corrected chi connectivity index (χ3v) is 3.11. The Morgan fingerprint density at radius 1 is 0.905 bits per heavy atom. The molecule has 2 aromatic rings. The Morgan fingerprint density at radius 3 is 2.00 bits per heavy atom. The predicted octanol–water partition coefficient (Wildman–Crippen LogP) is 1.44. The number of benzene rings is 2. The number of nitrogens with one attached hydrogen (secondary N) is 1. The molecule has 0 aromatic heterocycles. The number of rotatable bonds is 5. The summed E-state index contributed by atoms with van der Waals surface area (Å²) in [6.45, 7) is 0. The van der Waals surface area contributed by atoms with E-state index in [0.717, 1.165) is 11.1 Å². The average molecular weight is 282 g/mol. The van der Waals surface area contributed by atoms with Crippen LogP contribution in [-0.2, 0) is 22.4 Å². The first-order chi connectivity index (χ1) is 10.1. The number of hydrogen-bond donors (Lipinski definition) is 2. The van der Waals surface area contributed by atoms with E-state index in [1.54, 1.807) is 0 Å². The normalized spacial score (nSPS) is 11.7. The van der Waals surface area contributed by atoms with Gasteiger partial charge in [0.2, 0.25) is 11.8 Å². The highest BCUT2D eigenvalue weighted by molar-refractivity contribution is 5.98. The van der Waals surface area contributed by atoms with Crippen molar-refractivity contribution in [2.24, 2.45) is 5.73 Å². The first-order valence-corrected chi connectivity index (χ1v) is 6.82. The van der Waals surface area contributed by atoms with Gasteiger partial charge >= 0.3 is 0 Å². The lowest BCUT2D eigenvalue weighted by molar-refractivity contribution is -0.130. The maximum absolute atomic E-state index is 11.9. The monoisotopic (exact) mass is 282 g/mol. The number of nitrogens with two attached hydrogens (primary N) is 1. The SMILES string of the molecule is N[C@@H](Cc1ccccc1)C(=O)NC(=O)Cc1ccccc1. The van der Waals surface area contributed by atoms with Gasteiger partial charge in [0.1, 0.15) is 0 Å². The predicted molar refractivity (Wildman–Crippen MR) is 81.4 cm³/mol. The minimum absolute atomic E-state index is 0.171. The summed E-state index contributed by atoms with van der Waals surface area (Å²) >= 11 is 0. The highest BCUT2D eigenvalue weighted by atomic mass is 16.2. The summed E-state index contributed by atoms with van der Waals surface area (Å²) in [7, 11) is 0. The van der Waals surface area contributed by atoms with Crippen LogP contribution in [-0.4, -0.2) is 17.9 Å². The van der Waals surface area contributed by atoms with E-state index in [0.29, 0.717) is 6.42 Å². The Labute approximate surface area is 124 Å². The molecule has 21 heavy (non-hydrogen) atoms. The Hall–Kier alpha value is -2.46. The Bertz CT molecular complexity index is 597. The topological polar surface area (TPSA) is 72.2 Å². The van der Waals surface area contributed by atoms with Crippen molar-refractivity contribution in [1.82, 2.24) is 5.32 Å². The van der Waals surface area contributed by atoms with Gasteiger partial charge in [-0.15, -0.1) is 0 Å². The number of hydrogen-bond acceptors (Lipinski definition) is 3. The van der Waals surface area contributed by atoms with Crippen molar-refractivity contribution in [3.05, 3.63) is 71.8 Å². The van der Waals surface area contributed by atoms with Gasteiger partial charge in [0.05, 0.1) is 12.5 Å². The molecule has 108 valence electrons. The van der Waals surface area contributed by atoms with Crippen molar-refractivity contribution in [2.45, 2.75) is 18.9 Å². The van der Waals surface area contributed by atoms with Crippen LogP contribution in [0.25, 0.3) is 0 Å². The summed E-state index contributed by atoms with van der Waals surface area (Å²) in [5.41, 5.74) is 7.66. The van der Waals surface area contributed by atoms with Crippen molar-refractivity contribution in [1.29, 1.82) is 0 Å². The highest BCUT2D eigenvalue weighted by Gasteiger charge is 2.16. The molecule has 2 aromatic carbocycles. The average Bonchev–Trinajstić information content (AvgIpc) is 2.49. The molecule has 0 bridgehead atoms. The van der Waals surface area contributed by atoms with Crippen molar-refractivity contribution in [2.75, 3.05) is 0 Å². The van der Waals surface area contributed by atoms with E-state index in [1.165, 1.54) is 0 Å². The lowest BCUT2D eigenvalue weighted by Crippen LogP contribution is -2.45. The van der Waals surface area contributed by atoms with Gasteiger partial charge in [-0.05, 0) is 17.5 Å². The number of carbonyl (C=O) groups excluding carboxylic acids is 2. The second-order valence-corrected chi connectivity index (χ2v) is 4.87. The molecule has 0 unspecified atom stereocenters. The maximum atomic E-state index is 11.9. The largest absolute Gasteiger partial charge is 0.320 e. The molecule has 0 radical (unpaired) electrons. The minimum Gasteiger partial charge on any atom is -0.320 e. The van der Waals surface area contributed by atoms with Gasteiger partial charge in [0.15, 0.2) is 0 Å². The highest BCUT2D eigenvalue weighted by Crippen LogP contribution is 2.02. The molecule has 4 nitrogen and oxygen atoms in total. The van der Waals surface area contributed by atoms with Crippen LogP contribution in [0.3, 0.4) is 0 Å². The van der Waals surface area contributed by atoms with E-state index in [9.17, 15) is 9.59 Å². The van der Waals surface area contributed by atoms with Crippen LogP contribution in [0.1, 0.15) is 11.1 Å². The fourth-order valence-electron chi connectivity index (χ4n) is 2.02. The van der Waals surface area contributed by atoms with Gasteiger partial charge in [-0.1, -0.05) is 60.7 Å². The molecule has 0 aliphatic carbocycles. The third-order valence-electron chi connectivity index (χ3n) is 3.11. The van der Waals surface area contributed by atoms with Crippen LogP contribution in [0.4, 0.5) is 0 Å². The zero-order valence-electron chi connectivity index (χ0n) is 11.7. The van der Waals surface area contributed by atoms with E-state index >= 15 is 0 Å². The molecular formula is C17H18N2O2. The Kier molecular flexibility index (Phi) is 5.23. The van der Waals surface area contributed by atoms with Gasteiger partial charge in [0.25, 0.3) is 0 Å². The lowest BCUT2D eigenvalue weighted by Gasteiger charge is -2.11.